The smallest absolute Gasteiger partial charge is 0.351 e. The summed E-state index contributed by atoms with van der Waals surface area (Å²) in [6.07, 6.45) is -7.07. The summed E-state index contributed by atoms with van der Waals surface area (Å²) in [5.74, 6) is 0.187. The van der Waals surface area contributed by atoms with E-state index in [4.69, 9.17) is 5.26 Å². The Kier molecular flexibility index (Phi) is 5.81. The van der Waals surface area contributed by atoms with Crippen LogP contribution in [0.25, 0.3) is 22.4 Å². The van der Waals surface area contributed by atoms with Gasteiger partial charge in [0.25, 0.3) is 0 Å². The zero-order chi connectivity index (χ0) is 26.3. The second-order valence-electron chi connectivity index (χ2n) is 7.19. The van der Waals surface area contributed by atoms with Gasteiger partial charge in [0, 0.05) is 17.8 Å². The summed E-state index contributed by atoms with van der Waals surface area (Å²) in [6.45, 7) is 3.75. The van der Waals surface area contributed by atoms with Gasteiger partial charge in [-0.2, -0.15) is 46.6 Å². The van der Waals surface area contributed by atoms with Crippen LogP contribution in [-0.4, -0.2) is 24.7 Å². The molecule has 0 bridgehead atoms. The fourth-order valence-electron chi connectivity index (χ4n) is 3.30. The third kappa shape index (κ3) is 4.39. The van der Waals surface area contributed by atoms with Crippen molar-refractivity contribution in [2.24, 2.45) is 0 Å². The van der Waals surface area contributed by atoms with Crippen LogP contribution in [0.1, 0.15) is 28.1 Å². The Morgan fingerprint density at radius 3 is 2.28 bits per heavy atom. The third-order valence-electron chi connectivity index (χ3n) is 4.91. The molecule has 0 saturated carbocycles. The van der Waals surface area contributed by atoms with Gasteiger partial charge < -0.3 is 5.32 Å². The van der Waals surface area contributed by atoms with E-state index < -0.39 is 34.4 Å². The monoisotopic (exact) mass is 500 g/mol. The number of nitriles is 2. The van der Waals surface area contributed by atoms with Crippen LogP contribution in [-0.2, 0) is 12.4 Å². The van der Waals surface area contributed by atoms with E-state index in [2.05, 4.69) is 31.9 Å². The highest BCUT2D eigenvalue weighted by atomic mass is 19.4. The molecule has 1 aromatic carbocycles. The summed E-state index contributed by atoms with van der Waals surface area (Å²) in [7, 11) is 0. The average molecular weight is 500 g/mol. The van der Waals surface area contributed by atoms with E-state index in [-0.39, 0.29) is 40.2 Å². The van der Waals surface area contributed by atoms with Crippen molar-refractivity contribution in [2.75, 3.05) is 5.32 Å². The molecule has 0 spiro atoms. The lowest BCUT2D eigenvalue weighted by atomic mass is 10.0. The zero-order valence-electron chi connectivity index (χ0n) is 17.6. The van der Waals surface area contributed by atoms with Gasteiger partial charge in [-0.05, 0) is 24.3 Å². The van der Waals surface area contributed by atoms with Crippen LogP contribution in [0.3, 0.4) is 0 Å². The number of hydrogen-bond acceptors (Lipinski definition) is 7. The number of nitrogens with one attached hydrogen (secondary N) is 1. The maximum Gasteiger partial charge on any atom is 0.418 e. The molecule has 0 fully saturated rings. The van der Waals surface area contributed by atoms with Crippen molar-refractivity contribution in [2.45, 2.75) is 12.4 Å². The number of rotatable bonds is 4. The SMILES string of the molecule is C=C(Nc1c(C#N)cnc2c(C(F)(F)F)cc(C(F)(F)F)cc12)c1ncnn1-c1ccc(C#N)cn1. The number of pyridine rings is 2. The molecule has 0 amide bonds. The highest BCUT2D eigenvalue weighted by molar-refractivity contribution is 5.99. The number of halogens is 6. The molecular formula is C22H10F6N8. The second kappa shape index (κ2) is 8.66. The minimum Gasteiger partial charge on any atom is -0.351 e. The largest absolute Gasteiger partial charge is 0.418 e. The van der Waals surface area contributed by atoms with Crippen molar-refractivity contribution in [1.82, 2.24) is 24.7 Å². The Balaban J connectivity index is 1.87. The van der Waals surface area contributed by atoms with Crippen LogP contribution >= 0.6 is 0 Å². The predicted molar refractivity (Wildman–Crippen MR) is 113 cm³/mol. The molecule has 180 valence electrons. The molecule has 0 aliphatic heterocycles. The van der Waals surface area contributed by atoms with Gasteiger partial charge in [-0.1, -0.05) is 6.58 Å². The molecule has 4 rings (SSSR count). The summed E-state index contributed by atoms with van der Waals surface area (Å²) in [6, 6.07) is 6.93. The molecule has 4 aromatic rings. The molecule has 0 atom stereocenters. The van der Waals surface area contributed by atoms with E-state index in [1.165, 1.54) is 23.0 Å². The van der Waals surface area contributed by atoms with Gasteiger partial charge in [0.1, 0.15) is 18.5 Å². The van der Waals surface area contributed by atoms with Gasteiger partial charge in [0.2, 0.25) is 0 Å². The van der Waals surface area contributed by atoms with Crippen LogP contribution in [0.4, 0.5) is 32.0 Å². The van der Waals surface area contributed by atoms with Gasteiger partial charge in [-0.25, -0.2) is 9.97 Å². The fourth-order valence-corrected chi connectivity index (χ4v) is 3.30. The van der Waals surface area contributed by atoms with E-state index in [1.54, 1.807) is 6.07 Å². The lowest BCUT2D eigenvalue weighted by Crippen LogP contribution is -2.13. The molecule has 0 radical (unpaired) electrons. The number of benzene rings is 1. The normalized spacial score (nSPS) is 11.7. The van der Waals surface area contributed by atoms with Crippen LogP contribution < -0.4 is 5.32 Å². The van der Waals surface area contributed by atoms with E-state index in [9.17, 15) is 31.6 Å². The minimum atomic E-state index is -5.16. The predicted octanol–water partition coefficient (Wildman–Crippen LogP) is 5.07. The van der Waals surface area contributed by atoms with Crippen LogP contribution in [0.2, 0.25) is 0 Å². The van der Waals surface area contributed by atoms with Crippen molar-refractivity contribution >= 4 is 22.3 Å². The number of hydrogen-bond donors (Lipinski definition) is 1. The number of anilines is 1. The second-order valence-corrected chi connectivity index (χ2v) is 7.19. The first kappa shape index (κ1) is 24.2. The minimum absolute atomic E-state index is 0.0101. The Labute approximate surface area is 197 Å². The highest BCUT2D eigenvalue weighted by Crippen LogP contribution is 2.42. The summed E-state index contributed by atoms with van der Waals surface area (Å²) >= 11 is 0. The molecular weight excluding hydrogens is 490 g/mol. The van der Waals surface area contributed by atoms with Crippen molar-refractivity contribution in [3.63, 3.8) is 0 Å². The summed E-state index contributed by atoms with van der Waals surface area (Å²) in [5.41, 5.74) is -4.55. The molecule has 0 unspecified atom stereocenters. The van der Waals surface area contributed by atoms with Crippen molar-refractivity contribution < 1.29 is 26.3 Å². The summed E-state index contributed by atoms with van der Waals surface area (Å²) in [5, 5.41) is 24.4. The van der Waals surface area contributed by atoms with E-state index in [0.717, 1.165) is 12.5 Å². The maximum absolute atomic E-state index is 13.6. The first-order valence-electron chi connectivity index (χ1n) is 9.68. The van der Waals surface area contributed by atoms with Gasteiger partial charge in [0.05, 0.1) is 39.2 Å². The molecule has 36 heavy (non-hydrogen) atoms. The number of aromatic nitrogens is 5. The summed E-state index contributed by atoms with van der Waals surface area (Å²) < 4.78 is 82.4. The Morgan fingerprint density at radius 2 is 1.69 bits per heavy atom. The Hall–Kier alpha value is -4.98. The van der Waals surface area contributed by atoms with Crippen LogP contribution in [0.15, 0.2) is 49.6 Å². The molecule has 1 N–H and O–H groups in total. The van der Waals surface area contributed by atoms with E-state index >= 15 is 0 Å². The fraction of sp³-hybridized carbons (Fsp3) is 0.0909. The average Bonchev–Trinajstić information content (AvgIpc) is 3.32. The van der Waals surface area contributed by atoms with Crippen LogP contribution in [0.5, 0.6) is 0 Å². The van der Waals surface area contributed by atoms with Gasteiger partial charge >= 0.3 is 12.4 Å². The number of nitrogens with zero attached hydrogens (tertiary/aromatic N) is 7. The van der Waals surface area contributed by atoms with Gasteiger partial charge in [-0.3, -0.25) is 4.98 Å². The van der Waals surface area contributed by atoms with Crippen molar-refractivity contribution in [3.05, 3.63) is 77.6 Å². The van der Waals surface area contributed by atoms with Gasteiger partial charge in [-0.15, -0.1) is 0 Å². The Morgan fingerprint density at radius 1 is 0.944 bits per heavy atom. The van der Waals surface area contributed by atoms with Crippen molar-refractivity contribution in [1.29, 1.82) is 10.5 Å². The zero-order valence-corrected chi connectivity index (χ0v) is 17.6. The lowest BCUT2D eigenvalue weighted by Gasteiger charge is -2.18. The first-order chi connectivity index (χ1) is 16.9. The van der Waals surface area contributed by atoms with Gasteiger partial charge in [0.15, 0.2) is 11.6 Å². The third-order valence-corrected chi connectivity index (χ3v) is 4.91. The lowest BCUT2D eigenvalue weighted by molar-refractivity contribution is -0.142. The molecule has 0 aliphatic carbocycles. The molecule has 0 saturated heterocycles. The molecule has 3 aromatic heterocycles. The van der Waals surface area contributed by atoms with Crippen molar-refractivity contribution in [3.8, 4) is 18.0 Å². The van der Waals surface area contributed by atoms with E-state index in [1.807, 2.05) is 6.07 Å². The maximum atomic E-state index is 13.6. The van der Waals surface area contributed by atoms with E-state index in [0.29, 0.717) is 6.07 Å². The van der Waals surface area contributed by atoms with Crippen LogP contribution in [0, 0.1) is 22.7 Å². The first-order valence-corrected chi connectivity index (χ1v) is 9.68. The molecule has 0 aliphatic rings. The Bertz CT molecular complexity index is 1570. The number of alkyl halides is 6. The standard InChI is InChI=1S/C22H10F6N8/c1-11(20-33-10-34-36(20)17-3-2-12(6-29)8-31-17)35-18-13(7-30)9-32-19-15(18)4-14(21(23,24)25)5-16(19)22(26,27)28/h2-5,8-10H,1H2,(H,32,35). The molecule has 3 heterocycles. The quantitative estimate of drug-likeness (QED) is 0.389. The molecule has 8 nitrogen and oxygen atoms in total. The highest BCUT2D eigenvalue weighted by Gasteiger charge is 2.39. The molecule has 14 heteroatoms. The summed E-state index contributed by atoms with van der Waals surface area (Å²) in [4.78, 5) is 11.7. The topological polar surface area (TPSA) is 116 Å². The number of fused-ring (bicyclic) bond motifs is 1.